The van der Waals surface area contributed by atoms with Gasteiger partial charge < -0.3 is 15.2 Å². The number of amides is 2. The van der Waals surface area contributed by atoms with Gasteiger partial charge in [-0.05, 0) is 72.3 Å². The van der Waals surface area contributed by atoms with Gasteiger partial charge in [-0.2, -0.15) is 0 Å². The van der Waals surface area contributed by atoms with Crippen LogP contribution in [-0.2, 0) is 4.79 Å². The number of carbonyl (C=O) groups excluding carboxylic acids is 2. The van der Waals surface area contributed by atoms with Crippen molar-refractivity contribution in [3.05, 3.63) is 36.0 Å². The minimum atomic E-state index is -0.197. The van der Waals surface area contributed by atoms with Crippen LogP contribution >= 0.6 is 0 Å². The summed E-state index contributed by atoms with van der Waals surface area (Å²) in [6.45, 7) is 11.5. The van der Waals surface area contributed by atoms with E-state index in [0.717, 1.165) is 42.1 Å². The van der Waals surface area contributed by atoms with Crippen molar-refractivity contribution >= 4 is 22.7 Å². The summed E-state index contributed by atoms with van der Waals surface area (Å²) in [5.41, 5.74) is 1.67. The van der Waals surface area contributed by atoms with E-state index in [1.807, 2.05) is 45.2 Å². The van der Waals surface area contributed by atoms with Gasteiger partial charge in [0, 0.05) is 47.3 Å². The number of hydrogen-bond acceptors (Lipinski definition) is 3. The number of nitrogens with one attached hydrogen (secondary N) is 2. The van der Waals surface area contributed by atoms with E-state index in [4.69, 9.17) is 0 Å². The van der Waals surface area contributed by atoms with E-state index in [9.17, 15) is 9.59 Å². The number of aromatic nitrogens is 1. The maximum Gasteiger partial charge on any atom is 0.253 e. The number of hydrogen-bond donors (Lipinski definition) is 2. The van der Waals surface area contributed by atoms with E-state index in [2.05, 4.69) is 40.0 Å². The molecule has 0 aliphatic carbocycles. The summed E-state index contributed by atoms with van der Waals surface area (Å²) < 4.78 is 2.17. The largest absolute Gasteiger partial charge is 0.352 e. The van der Waals surface area contributed by atoms with Gasteiger partial charge >= 0.3 is 0 Å². The summed E-state index contributed by atoms with van der Waals surface area (Å²) in [7, 11) is 0. The molecular weight excluding hydrogens is 400 g/mol. The van der Waals surface area contributed by atoms with Crippen LogP contribution < -0.4 is 10.6 Å². The van der Waals surface area contributed by atoms with E-state index in [0.29, 0.717) is 37.1 Å². The molecule has 0 radical (unpaired) electrons. The molecule has 2 fully saturated rings. The van der Waals surface area contributed by atoms with Crippen LogP contribution in [0.4, 0.5) is 0 Å². The van der Waals surface area contributed by atoms with Gasteiger partial charge in [0.05, 0.1) is 12.1 Å². The highest BCUT2D eigenvalue weighted by Gasteiger charge is 2.41. The first-order valence-electron chi connectivity index (χ1n) is 12.1. The van der Waals surface area contributed by atoms with Gasteiger partial charge in [0.15, 0.2) is 0 Å². The summed E-state index contributed by atoms with van der Waals surface area (Å²) >= 11 is 0. The third-order valence-electron chi connectivity index (χ3n) is 6.92. The minimum Gasteiger partial charge on any atom is -0.352 e. The highest BCUT2D eigenvalue weighted by Crippen LogP contribution is 2.38. The lowest BCUT2D eigenvalue weighted by atomic mass is 9.90. The molecule has 6 heteroatoms. The molecule has 4 rings (SSSR count). The van der Waals surface area contributed by atoms with Gasteiger partial charge in [0.25, 0.3) is 5.91 Å². The number of fused-ring (bicyclic) bond motifs is 3. The highest BCUT2D eigenvalue weighted by molar-refractivity contribution is 6.07. The van der Waals surface area contributed by atoms with Crippen molar-refractivity contribution < 1.29 is 9.59 Å². The molecular formula is C26H38N4O2. The Labute approximate surface area is 191 Å². The van der Waals surface area contributed by atoms with Gasteiger partial charge in [-0.1, -0.05) is 18.2 Å². The Kier molecular flexibility index (Phi) is 6.35. The van der Waals surface area contributed by atoms with E-state index in [-0.39, 0.29) is 17.4 Å². The van der Waals surface area contributed by atoms with E-state index in [1.54, 1.807) is 0 Å². The molecule has 2 bridgehead atoms. The fourth-order valence-corrected chi connectivity index (χ4v) is 5.58. The van der Waals surface area contributed by atoms with Crippen molar-refractivity contribution in [1.29, 1.82) is 0 Å². The maximum absolute atomic E-state index is 13.1. The van der Waals surface area contributed by atoms with Crippen molar-refractivity contribution in [3.63, 3.8) is 0 Å². The molecule has 2 saturated heterocycles. The van der Waals surface area contributed by atoms with Crippen LogP contribution in [0.5, 0.6) is 0 Å². The van der Waals surface area contributed by atoms with Crippen molar-refractivity contribution in [2.75, 3.05) is 13.1 Å². The molecule has 1 aromatic heterocycles. The molecule has 0 saturated carbocycles. The summed E-state index contributed by atoms with van der Waals surface area (Å²) in [5.74, 6) is 0.597. The van der Waals surface area contributed by atoms with Crippen LogP contribution in [0.1, 0.15) is 76.7 Å². The summed E-state index contributed by atoms with van der Waals surface area (Å²) in [6.07, 6.45) is 6.39. The van der Waals surface area contributed by atoms with Crippen LogP contribution in [0.15, 0.2) is 30.5 Å². The van der Waals surface area contributed by atoms with Crippen LogP contribution in [-0.4, -0.2) is 52.0 Å². The average Bonchev–Trinajstić information content (AvgIpc) is 3.19. The minimum absolute atomic E-state index is 0.0138. The molecule has 2 amide bonds. The molecule has 2 N–H and O–H groups in total. The van der Waals surface area contributed by atoms with Gasteiger partial charge in [-0.15, -0.1) is 0 Å². The lowest BCUT2D eigenvalue weighted by Gasteiger charge is -2.39. The first-order chi connectivity index (χ1) is 15.1. The zero-order valence-electron chi connectivity index (χ0n) is 20.1. The molecule has 1 aromatic carbocycles. The van der Waals surface area contributed by atoms with Crippen molar-refractivity contribution in [2.24, 2.45) is 5.92 Å². The zero-order valence-corrected chi connectivity index (χ0v) is 20.1. The second-order valence-corrected chi connectivity index (χ2v) is 11.0. The highest BCUT2D eigenvalue weighted by atomic mass is 16.2. The molecule has 32 heavy (non-hydrogen) atoms. The zero-order chi connectivity index (χ0) is 23.0. The molecule has 0 spiro atoms. The van der Waals surface area contributed by atoms with Crippen molar-refractivity contribution in [3.8, 4) is 0 Å². The smallest absolute Gasteiger partial charge is 0.253 e. The van der Waals surface area contributed by atoms with Gasteiger partial charge in [-0.25, -0.2) is 0 Å². The lowest BCUT2D eigenvalue weighted by molar-refractivity contribution is -0.125. The Morgan fingerprint density at radius 2 is 1.75 bits per heavy atom. The Morgan fingerprint density at radius 3 is 2.38 bits per heavy atom. The van der Waals surface area contributed by atoms with Gasteiger partial charge in [0.2, 0.25) is 5.91 Å². The second kappa shape index (κ2) is 8.89. The average molecular weight is 439 g/mol. The first-order valence-corrected chi connectivity index (χ1v) is 12.1. The molecule has 2 aliphatic rings. The molecule has 174 valence electrons. The summed E-state index contributed by atoms with van der Waals surface area (Å²) in [4.78, 5) is 27.9. The predicted octanol–water partition coefficient (Wildman–Crippen LogP) is 4.11. The molecule has 3 heterocycles. The van der Waals surface area contributed by atoms with Crippen LogP contribution in [0.3, 0.4) is 0 Å². The number of benzene rings is 1. The number of carbonyl (C=O) groups is 2. The third kappa shape index (κ3) is 4.85. The van der Waals surface area contributed by atoms with Crippen LogP contribution in [0.25, 0.3) is 10.9 Å². The standard InChI is InChI=1S/C26H38N4O2/c1-17(2)29-15-22(21-8-6-7-9-23(21)29)25(32)27-14-18-12-19-10-11-20(13-18)30(19)16-24(31)28-26(3,4)5/h6-9,15,17-20H,10-14,16H2,1-5H3,(H,27,32)(H,28,31)/t18?,19-,20?/m1/s1. The van der Waals surface area contributed by atoms with E-state index in [1.165, 1.54) is 0 Å². The number of para-hydroxylation sites is 1. The Morgan fingerprint density at radius 1 is 1.09 bits per heavy atom. The fraction of sp³-hybridized carbons (Fsp3) is 0.615. The number of piperidine rings is 1. The molecule has 3 atom stereocenters. The van der Waals surface area contributed by atoms with E-state index >= 15 is 0 Å². The number of rotatable bonds is 6. The van der Waals surface area contributed by atoms with Crippen LogP contribution in [0, 0.1) is 5.92 Å². The molecule has 2 aliphatic heterocycles. The SMILES string of the molecule is CC(C)n1cc(C(=O)NCC2CC3CC[C@H](C2)N3CC(=O)NC(C)(C)C)c2ccccc21. The molecule has 2 aromatic rings. The Balaban J connectivity index is 1.36. The molecule has 6 nitrogen and oxygen atoms in total. The normalized spacial score (nSPS) is 23.6. The topological polar surface area (TPSA) is 66.4 Å². The molecule has 2 unspecified atom stereocenters. The van der Waals surface area contributed by atoms with Crippen LogP contribution in [0.2, 0.25) is 0 Å². The third-order valence-corrected chi connectivity index (χ3v) is 6.92. The monoisotopic (exact) mass is 438 g/mol. The summed E-state index contributed by atoms with van der Waals surface area (Å²) in [5, 5.41) is 7.32. The lowest BCUT2D eigenvalue weighted by Crippen LogP contribution is -2.52. The van der Waals surface area contributed by atoms with Crippen molar-refractivity contribution in [1.82, 2.24) is 20.1 Å². The maximum atomic E-state index is 13.1. The first kappa shape index (κ1) is 22.8. The summed E-state index contributed by atoms with van der Waals surface area (Å²) in [6, 6.07) is 9.33. The van der Waals surface area contributed by atoms with E-state index < -0.39 is 0 Å². The van der Waals surface area contributed by atoms with Gasteiger partial charge in [-0.3, -0.25) is 14.5 Å². The second-order valence-electron chi connectivity index (χ2n) is 11.0. The Hall–Kier alpha value is -2.34. The quantitative estimate of drug-likeness (QED) is 0.713. The number of nitrogens with zero attached hydrogens (tertiary/aromatic N) is 2. The fourth-order valence-electron chi connectivity index (χ4n) is 5.58. The van der Waals surface area contributed by atoms with Gasteiger partial charge in [0.1, 0.15) is 0 Å². The Bertz CT molecular complexity index is 973. The predicted molar refractivity (Wildman–Crippen MR) is 129 cm³/mol. The van der Waals surface area contributed by atoms with Crippen molar-refractivity contribution in [2.45, 2.75) is 84.0 Å².